The highest BCUT2D eigenvalue weighted by Crippen LogP contribution is 2.11. The van der Waals surface area contributed by atoms with Crippen molar-refractivity contribution in [2.75, 3.05) is 44.9 Å². The van der Waals surface area contributed by atoms with Crippen LogP contribution >= 0.6 is 24.0 Å². The molecule has 1 rings (SSSR count). The number of ether oxygens (including phenoxy) is 1. The van der Waals surface area contributed by atoms with Gasteiger partial charge in [-0.2, -0.15) is 0 Å². The van der Waals surface area contributed by atoms with Gasteiger partial charge in [-0.3, -0.25) is 9.79 Å². The summed E-state index contributed by atoms with van der Waals surface area (Å²) in [5, 5.41) is 9.00. The second-order valence-electron chi connectivity index (χ2n) is 6.67. The minimum absolute atomic E-state index is 0. The Morgan fingerprint density at radius 2 is 1.96 bits per heavy atom. The fourth-order valence-corrected chi connectivity index (χ4v) is 4.10. The van der Waals surface area contributed by atoms with Crippen LogP contribution in [0.2, 0.25) is 0 Å². The van der Waals surface area contributed by atoms with E-state index in [4.69, 9.17) is 4.74 Å². The molecule has 1 aliphatic rings. The first-order valence-electron chi connectivity index (χ1n) is 8.84. The van der Waals surface area contributed by atoms with Crippen LogP contribution < -0.4 is 16.0 Å². The molecule has 0 aromatic carbocycles. The van der Waals surface area contributed by atoms with Crippen molar-refractivity contribution in [3.8, 4) is 0 Å². The quantitative estimate of drug-likeness (QED) is 0.173. The monoisotopic (exact) mass is 504 g/mol. The maximum absolute atomic E-state index is 11.8. The minimum atomic E-state index is -2.97. The van der Waals surface area contributed by atoms with Crippen molar-refractivity contribution in [1.29, 1.82) is 0 Å². The Balaban J connectivity index is 0.00000625. The SMILES string of the molecule is CN=C(NCCCOCC(C)C)NCCC(=O)NC1CCS(=O)(=O)C1.I. The van der Waals surface area contributed by atoms with Crippen molar-refractivity contribution in [2.45, 2.75) is 39.2 Å². The maximum Gasteiger partial charge on any atom is 0.222 e. The Kier molecular flexibility index (Phi) is 13.2. The average molecular weight is 504 g/mol. The van der Waals surface area contributed by atoms with E-state index in [1.807, 2.05) is 0 Å². The summed E-state index contributed by atoms with van der Waals surface area (Å²) >= 11 is 0. The molecule has 154 valence electrons. The molecule has 10 heteroatoms. The van der Waals surface area contributed by atoms with Crippen LogP contribution in [0.3, 0.4) is 0 Å². The number of amides is 1. The molecule has 0 aromatic heterocycles. The molecule has 0 aliphatic carbocycles. The molecule has 8 nitrogen and oxygen atoms in total. The zero-order valence-electron chi connectivity index (χ0n) is 15.9. The summed E-state index contributed by atoms with van der Waals surface area (Å²) in [6, 6.07) is -0.249. The minimum Gasteiger partial charge on any atom is -0.381 e. The number of guanidine groups is 1. The lowest BCUT2D eigenvalue weighted by Crippen LogP contribution is -2.41. The van der Waals surface area contributed by atoms with Gasteiger partial charge in [0.15, 0.2) is 15.8 Å². The Morgan fingerprint density at radius 3 is 2.54 bits per heavy atom. The van der Waals surface area contributed by atoms with Gasteiger partial charge in [0.25, 0.3) is 0 Å². The number of nitrogens with one attached hydrogen (secondary N) is 3. The summed E-state index contributed by atoms with van der Waals surface area (Å²) in [7, 11) is -1.30. The van der Waals surface area contributed by atoms with Gasteiger partial charge in [0.1, 0.15) is 0 Å². The molecule has 1 atom stereocenters. The lowest BCUT2D eigenvalue weighted by atomic mass is 10.2. The van der Waals surface area contributed by atoms with Crippen molar-refractivity contribution in [2.24, 2.45) is 10.9 Å². The van der Waals surface area contributed by atoms with Crippen LogP contribution in [0.4, 0.5) is 0 Å². The fraction of sp³-hybridized carbons (Fsp3) is 0.875. The molecule has 1 saturated heterocycles. The highest BCUT2D eigenvalue weighted by atomic mass is 127. The van der Waals surface area contributed by atoms with E-state index in [-0.39, 0.29) is 53.9 Å². The summed E-state index contributed by atoms with van der Waals surface area (Å²) in [4.78, 5) is 15.9. The van der Waals surface area contributed by atoms with Crippen LogP contribution in [0.1, 0.15) is 33.1 Å². The van der Waals surface area contributed by atoms with Crippen molar-refractivity contribution in [3.63, 3.8) is 0 Å². The summed E-state index contributed by atoms with van der Waals surface area (Å²) in [6.45, 7) is 6.88. The predicted octanol–water partition coefficient (Wildman–Crippen LogP) is 0.526. The number of sulfone groups is 1. The Bertz CT molecular complexity index is 540. The van der Waals surface area contributed by atoms with Gasteiger partial charge in [-0.25, -0.2) is 8.42 Å². The molecule has 1 unspecified atom stereocenters. The molecule has 26 heavy (non-hydrogen) atoms. The average Bonchev–Trinajstić information content (AvgIpc) is 2.87. The first kappa shape index (κ1) is 25.4. The van der Waals surface area contributed by atoms with Crippen LogP contribution in [0.5, 0.6) is 0 Å². The summed E-state index contributed by atoms with van der Waals surface area (Å²) < 4.78 is 28.2. The fourth-order valence-electron chi connectivity index (χ4n) is 2.42. The van der Waals surface area contributed by atoms with Crippen molar-refractivity contribution >= 4 is 45.7 Å². The zero-order chi connectivity index (χ0) is 18.7. The van der Waals surface area contributed by atoms with Gasteiger partial charge in [-0.1, -0.05) is 13.8 Å². The van der Waals surface area contributed by atoms with Crippen molar-refractivity contribution in [3.05, 3.63) is 0 Å². The Labute approximate surface area is 174 Å². The third-order valence-corrected chi connectivity index (χ3v) is 5.44. The largest absolute Gasteiger partial charge is 0.381 e. The van der Waals surface area contributed by atoms with Gasteiger partial charge in [0, 0.05) is 45.8 Å². The normalized spacial score (nSPS) is 19.1. The molecule has 0 bridgehead atoms. The number of hydrogen-bond acceptors (Lipinski definition) is 5. The first-order valence-corrected chi connectivity index (χ1v) is 10.7. The van der Waals surface area contributed by atoms with E-state index in [9.17, 15) is 13.2 Å². The molecule has 1 aliphatic heterocycles. The first-order chi connectivity index (χ1) is 11.8. The lowest BCUT2D eigenvalue weighted by Gasteiger charge is -2.13. The number of hydrogen-bond donors (Lipinski definition) is 3. The van der Waals surface area contributed by atoms with E-state index in [1.165, 1.54) is 0 Å². The van der Waals surface area contributed by atoms with E-state index in [1.54, 1.807) is 7.05 Å². The van der Waals surface area contributed by atoms with Crippen LogP contribution in [-0.2, 0) is 19.4 Å². The topological polar surface area (TPSA) is 109 Å². The highest BCUT2D eigenvalue weighted by Gasteiger charge is 2.28. The smallest absolute Gasteiger partial charge is 0.222 e. The standard InChI is InChI=1S/C16H32N4O4S.HI/c1-13(2)11-24-9-4-7-18-16(17-3)19-8-5-15(21)20-14-6-10-25(22,23)12-14;/h13-14H,4-12H2,1-3H3,(H,20,21)(H2,17,18,19);1H. The number of halogens is 1. The van der Waals surface area contributed by atoms with Crippen molar-refractivity contribution < 1.29 is 17.9 Å². The summed E-state index contributed by atoms with van der Waals surface area (Å²) in [6.07, 6.45) is 1.66. The number of carbonyl (C=O) groups is 1. The molecular weight excluding hydrogens is 471 g/mol. The second kappa shape index (κ2) is 13.5. The maximum atomic E-state index is 11.8. The summed E-state index contributed by atoms with van der Waals surface area (Å²) in [5.74, 6) is 1.24. The molecule has 0 saturated carbocycles. The van der Waals surface area contributed by atoms with Crippen LogP contribution in [0.25, 0.3) is 0 Å². The van der Waals surface area contributed by atoms with Gasteiger partial charge in [-0.05, 0) is 18.8 Å². The number of carbonyl (C=O) groups excluding carboxylic acids is 1. The Hall–Kier alpha value is -0.620. The zero-order valence-corrected chi connectivity index (χ0v) is 19.1. The number of rotatable bonds is 10. The molecule has 0 spiro atoms. The van der Waals surface area contributed by atoms with E-state index >= 15 is 0 Å². The van der Waals surface area contributed by atoms with Crippen LogP contribution in [0.15, 0.2) is 4.99 Å². The van der Waals surface area contributed by atoms with Crippen LogP contribution in [-0.4, -0.2) is 71.2 Å². The molecule has 3 N–H and O–H groups in total. The van der Waals surface area contributed by atoms with Crippen molar-refractivity contribution in [1.82, 2.24) is 16.0 Å². The number of nitrogens with zero attached hydrogens (tertiary/aromatic N) is 1. The lowest BCUT2D eigenvalue weighted by molar-refractivity contribution is -0.121. The third-order valence-electron chi connectivity index (χ3n) is 3.67. The Morgan fingerprint density at radius 1 is 1.27 bits per heavy atom. The second-order valence-corrected chi connectivity index (χ2v) is 8.89. The van der Waals surface area contributed by atoms with Gasteiger partial charge in [0.2, 0.25) is 5.91 Å². The van der Waals surface area contributed by atoms with E-state index in [2.05, 4.69) is 34.8 Å². The van der Waals surface area contributed by atoms with Gasteiger partial charge in [-0.15, -0.1) is 24.0 Å². The third kappa shape index (κ3) is 11.9. The summed E-state index contributed by atoms with van der Waals surface area (Å²) in [5.41, 5.74) is 0. The van der Waals surface area contributed by atoms with Gasteiger partial charge >= 0.3 is 0 Å². The van der Waals surface area contributed by atoms with Crippen LogP contribution in [0, 0.1) is 5.92 Å². The number of aliphatic imine (C=N–C) groups is 1. The molecular formula is C16H33IN4O4S. The van der Waals surface area contributed by atoms with E-state index in [0.717, 1.165) is 19.6 Å². The molecule has 1 heterocycles. The molecule has 1 amide bonds. The predicted molar refractivity (Wildman–Crippen MR) is 115 cm³/mol. The molecule has 1 fully saturated rings. The van der Waals surface area contributed by atoms with E-state index in [0.29, 0.717) is 31.4 Å². The van der Waals surface area contributed by atoms with Gasteiger partial charge in [0.05, 0.1) is 11.5 Å². The molecule has 0 radical (unpaired) electrons. The van der Waals surface area contributed by atoms with E-state index < -0.39 is 9.84 Å². The highest BCUT2D eigenvalue weighted by molar-refractivity contribution is 14.0. The van der Waals surface area contributed by atoms with Gasteiger partial charge < -0.3 is 20.7 Å². The molecule has 0 aromatic rings.